The van der Waals surface area contributed by atoms with Gasteiger partial charge >= 0.3 is 12.6 Å². The Morgan fingerprint density at radius 2 is 1.54 bits per heavy atom. The van der Waals surface area contributed by atoms with E-state index in [2.05, 4.69) is 14.9 Å². The molecule has 0 radical (unpaired) electrons. The van der Waals surface area contributed by atoms with E-state index in [0.717, 1.165) is 16.9 Å². The van der Waals surface area contributed by atoms with Gasteiger partial charge < -0.3 is 24.7 Å². The molecule has 0 aliphatic carbocycles. The Kier molecular flexibility index (Phi) is 10.1. The summed E-state index contributed by atoms with van der Waals surface area (Å²) in [5.41, 5.74) is 7.15. The maximum Gasteiger partial charge on any atom is 0.388 e. The van der Waals surface area contributed by atoms with E-state index < -0.39 is 12.6 Å². The van der Waals surface area contributed by atoms with Gasteiger partial charge in [-0.15, -0.1) is 0 Å². The standard InChI is InChI=1S/C14H16N2O4.C12H13F2N3O2/c1-3-20-14(18)12-8-13(17)16(15-12)9-10-4-6-11(19-2)7-5-10;1-18-9-4-2-8(3-5-9)7-17-11(19-12(13)14)6-10(15)16-17/h4-8,15H,3,9H2,1-2H3;2-6,12H,7H2,1H3,(H2,15,16). The number of H-pyrrole nitrogens is 1. The lowest BCUT2D eigenvalue weighted by atomic mass is 10.2. The number of aromatic amines is 1. The summed E-state index contributed by atoms with van der Waals surface area (Å²) in [6.45, 7) is -0.300. The second-order valence-corrected chi connectivity index (χ2v) is 7.95. The van der Waals surface area contributed by atoms with Crippen LogP contribution in [0.15, 0.2) is 65.5 Å². The van der Waals surface area contributed by atoms with Crippen molar-refractivity contribution in [3.8, 4) is 17.4 Å². The van der Waals surface area contributed by atoms with Crippen LogP contribution in [0.3, 0.4) is 0 Å². The molecular weight excluding hydrogens is 516 g/mol. The molecule has 0 aliphatic rings. The second kappa shape index (κ2) is 13.7. The van der Waals surface area contributed by atoms with E-state index in [4.69, 9.17) is 19.9 Å². The van der Waals surface area contributed by atoms with E-state index in [1.54, 1.807) is 33.3 Å². The first-order valence-corrected chi connectivity index (χ1v) is 11.7. The minimum atomic E-state index is -2.91. The van der Waals surface area contributed by atoms with Crippen molar-refractivity contribution in [3.05, 3.63) is 87.8 Å². The number of carbonyl (C=O) groups excluding carboxylic acids is 1. The van der Waals surface area contributed by atoms with Gasteiger partial charge in [0.15, 0.2) is 0 Å². The normalized spacial score (nSPS) is 10.5. The number of hydrogen-bond acceptors (Lipinski definition) is 8. The van der Waals surface area contributed by atoms with E-state index in [9.17, 15) is 18.4 Å². The Balaban J connectivity index is 0.000000216. The first-order valence-electron chi connectivity index (χ1n) is 11.7. The van der Waals surface area contributed by atoms with Crippen LogP contribution in [-0.4, -0.2) is 53.0 Å². The summed E-state index contributed by atoms with van der Waals surface area (Å²) in [6.07, 6.45) is 0. The smallest absolute Gasteiger partial charge is 0.388 e. The van der Waals surface area contributed by atoms with Crippen LogP contribution >= 0.6 is 0 Å². The summed E-state index contributed by atoms with van der Waals surface area (Å²) in [5.74, 6) is 0.998. The van der Waals surface area contributed by atoms with E-state index in [0.29, 0.717) is 12.3 Å². The highest BCUT2D eigenvalue weighted by Gasteiger charge is 2.13. The molecule has 4 rings (SSSR count). The molecule has 39 heavy (non-hydrogen) atoms. The average Bonchev–Trinajstić information content (AvgIpc) is 3.46. The maximum absolute atomic E-state index is 12.2. The monoisotopic (exact) mass is 545 g/mol. The minimum Gasteiger partial charge on any atom is -0.497 e. The molecule has 208 valence electrons. The van der Waals surface area contributed by atoms with E-state index in [-0.39, 0.29) is 36.1 Å². The Hall–Kier alpha value is -4.81. The number of nitrogens with one attached hydrogen (secondary N) is 1. The molecule has 0 saturated carbocycles. The van der Waals surface area contributed by atoms with Crippen molar-refractivity contribution < 1.29 is 32.5 Å². The molecule has 0 unspecified atom stereocenters. The van der Waals surface area contributed by atoms with Crippen LogP contribution in [0.4, 0.5) is 14.6 Å². The molecule has 11 nitrogen and oxygen atoms in total. The summed E-state index contributed by atoms with van der Waals surface area (Å²) in [6, 6.07) is 17.0. The summed E-state index contributed by atoms with van der Waals surface area (Å²) in [4.78, 5) is 23.3. The van der Waals surface area contributed by atoms with E-state index in [1.165, 1.54) is 21.5 Å². The Morgan fingerprint density at radius 3 is 2.05 bits per heavy atom. The summed E-state index contributed by atoms with van der Waals surface area (Å²) >= 11 is 0. The zero-order valence-electron chi connectivity index (χ0n) is 21.6. The highest BCUT2D eigenvalue weighted by molar-refractivity contribution is 5.86. The van der Waals surface area contributed by atoms with E-state index in [1.807, 2.05) is 36.4 Å². The lowest BCUT2D eigenvalue weighted by Gasteiger charge is -2.08. The zero-order chi connectivity index (χ0) is 28.4. The SMILES string of the molecule is CCOC(=O)c1cc(=O)n(Cc2ccc(OC)cc2)[nH]1.COc1ccc(Cn2nc(N)cc2OC(F)F)cc1. The first-order chi connectivity index (χ1) is 18.7. The highest BCUT2D eigenvalue weighted by atomic mass is 19.3. The van der Waals surface area contributed by atoms with Gasteiger partial charge in [0.25, 0.3) is 5.56 Å². The van der Waals surface area contributed by atoms with Gasteiger partial charge in [0.2, 0.25) is 5.88 Å². The Labute approximate surface area is 222 Å². The van der Waals surface area contributed by atoms with Crippen LogP contribution in [0.2, 0.25) is 0 Å². The van der Waals surface area contributed by atoms with Gasteiger partial charge in [-0.05, 0) is 42.3 Å². The van der Waals surface area contributed by atoms with Crippen LogP contribution in [0.25, 0.3) is 0 Å². The van der Waals surface area contributed by atoms with Gasteiger partial charge in [0, 0.05) is 12.1 Å². The number of methoxy groups -OCH3 is 2. The molecule has 0 spiro atoms. The predicted octanol–water partition coefficient (Wildman–Crippen LogP) is 3.53. The van der Waals surface area contributed by atoms with Crippen LogP contribution in [0, 0.1) is 0 Å². The molecule has 2 heterocycles. The number of anilines is 1. The van der Waals surface area contributed by atoms with Gasteiger partial charge in [-0.25, -0.2) is 14.2 Å². The highest BCUT2D eigenvalue weighted by Crippen LogP contribution is 2.20. The molecule has 0 aliphatic heterocycles. The van der Waals surface area contributed by atoms with Crippen molar-refractivity contribution in [2.45, 2.75) is 26.6 Å². The first kappa shape index (κ1) is 28.8. The predicted molar refractivity (Wildman–Crippen MR) is 138 cm³/mol. The zero-order valence-corrected chi connectivity index (χ0v) is 21.6. The maximum atomic E-state index is 12.2. The topological polar surface area (TPSA) is 136 Å². The fourth-order valence-electron chi connectivity index (χ4n) is 3.40. The molecule has 3 N–H and O–H groups in total. The summed E-state index contributed by atoms with van der Waals surface area (Å²) < 4.78 is 46.4. The number of rotatable bonds is 10. The van der Waals surface area contributed by atoms with Crippen molar-refractivity contribution >= 4 is 11.8 Å². The quantitative estimate of drug-likeness (QED) is 0.289. The van der Waals surface area contributed by atoms with Crippen molar-refractivity contribution in [3.63, 3.8) is 0 Å². The van der Waals surface area contributed by atoms with Crippen molar-refractivity contribution in [2.75, 3.05) is 26.6 Å². The number of esters is 1. The molecular formula is C26H29F2N5O6. The van der Waals surface area contributed by atoms with Crippen LogP contribution in [-0.2, 0) is 17.8 Å². The summed E-state index contributed by atoms with van der Waals surface area (Å²) in [7, 11) is 3.16. The number of halogens is 2. The third-order valence-electron chi connectivity index (χ3n) is 5.25. The number of nitrogens with zero attached hydrogens (tertiary/aromatic N) is 3. The Morgan fingerprint density at radius 1 is 0.974 bits per heavy atom. The van der Waals surface area contributed by atoms with Gasteiger partial charge in [0.1, 0.15) is 23.0 Å². The molecule has 0 bridgehead atoms. The van der Waals surface area contributed by atoms with Crippen LogP contribution < -0.4 is 25.5 Å². The number of aromatic nitrogens is 4. The number of nitrogens with two attached hydrogens (primary N) is 1. The summed E-state index contributed by atoms with van der Waals surface area (Å²) in [5, 5.41) is 6.65. The van der Waals surface area contributed by atoms with Crippen molar-refractivity contribution in [1.82, 2.24) is 19.6 Å². The lowest BCUT2D eigenvalue weighted by molar-refractivity contribution is -0.0556. The molecule has 2 aromatic carbocycles. The molecule has 0 atom stereocenters. The average molecular weight is 546 g/mol. The van der Waals surface area contributed by atoms with Gasteiger partial charge in [-0.1, -0.05) is 24.3 Å². The number of hydrogen-bond donors (Lipinski definition) is 2. The second-order valence-electron chi connectivity index (χ2n) is 7.95. The number of nitrogen functional groups attached to an aromatic ring is 1. The third-order valence-corrected chi connectivity index (χ3v) is 5.25. The van der Waals surface area contributed by atoms with Gasteiger partial charge in [0.05, 0.1) is 33.9 Å². The number of benzene rings is 2. The number of alkyl halides is 2. The molecule has 0 saturated heterocycles. The molecule has 4 aromatic rings. The van der Waals surface area contributed by atoms with E-state index >= 15 is 0 Å². The number of carbonyl (C=O) groups is 1. The fourth-order valence-corrected chi connectivity index (χ4v) is 3.40. The Bertz CT molecular complexity index is 1400. The molecule has 2 aromatic heterocycles. The van der Waals surface area contributed by atoms with Crippen molar-refractivity contribution in [2.24, 2.45) is 0 Å². The molecule has 0 fully saturated rings. The van der Waals surface area contributed by atoms with Crippen molar-refractivity contribution in [1.29, 1.82) is 0 Å². The molecule has 13 heteroatoms. The fraction of sp³-hybridized carbons (Fsp3) is 0.269. The van der Waals surface area contributed by atoms with Crippen LogP contribution in [0.5, 0.6) is 17.4 Å². The largest absolute Gasteiger partial charge is 0.497 e. The third kappa shape index (κ3) is 8.35. The lowest BCUT2D eigenvalue weighted by Crippen LogP contribution is -2.16. The van der Waals surface area contributed by atoms with Crippen LogP contribution in [0.1, 0.15) is 28.5 Å². The minimum absolute atomic E-state index is 0.0664. The van der Waals surface area contributed by atoms with Gasteiger partial charge in [-0.3, -0.25) is 9.89 Å². The number of ether oxygens (including phenoxy) is 4. The molecule has 0 amide bonds. The van der Waals surface area contributed by atoms with Gasteiger partial charge in [-0.2, -0.15) is 13.9 Å².